The van der Waals surface area contributed by atoms with Gasteiger partial charge in [-0.05, 0) is 32.7 Å². The zero-order chi connectivity index (χ0) is 12.2. The molecule has 1 saturated heterocycles. The number of nitrogens with two attached hydrogens (primary N) is 1. The van der Waals surface area contributed by atoms with Gasteiger partial charge in [-0.25, -0.2) is 0 Å². The molecule has 1 heterocycles. The molecule has 0 bridgehead atoms. The van der Waals surface area contributed by atoms with Crippen LogP contribution in [0.25, 0.3) is 0 Å². The number of rotatable bonds is 4. The van der Waals surface area contributed by atoms with Gasteiger partial charge in [0.1, 0.15) is 0 Å². The highest BCUT2D eigenvalue weighted by molar-refractivity contribution is 5.79. The number of piperidine rings is 1. The smallest absolute Gasteiger partial charge is 0.311 e. The van der Waals surface area contributed by atoms with E-state index in [1.54, 1.807) is 11.8 Å². The first-order chi connectivity index (χ1) is 7.49. The van der Waals surface area contributed by atoms with Gasteiger partial charge in [0.2, 0.25) is 5.91 Å². The number of hydrogen-bond donors (Lipinski definition) is 2. The number of likely N-dealkylation sites (tertiary alicyclic amines) is 1. The van der Waals surface area contributed by atoms with Crippen molar-refractivity contribution in [2.75, 3.05) is 19.6 Å². The third-order valence-corrected chi connectivity index (χ3v) is 3.16. The van der Waals surface area contributed by atoms with Gasteiger partial charge in [-0.2, -0.15) is 0 Å². The van der Waals surface area contributed by atoms with Gasteiger partial charge in [0, 0.05) is 19.5 Å². The van der Waals surface area contributed by atoms with Gasteiger partial charge in [-0.15, -0.1) is 0 Å². The predicted octanol–water partition coefficient (Wildman–Crippen LogP) is 0.439. The fourth-order valence-corrected chi connectivity index (χ4v) is 2.04. The van der Waals surface area contributed by atoms with Crippen molar-refractivity contribution in [1.29, 1.82) is 0 Å². The summed E-state index contributed by atoms with van der Waals surface area (Å²) in [6.07, 6.45) is 2.49. The van der Waals surface area contributed by atoms with Crippen LogP contribution in [0.2, 0.25) is 0 Å². The third kappa shape index (κ3) is 2.95. The van der Waals surface area contributed by atoms with E-state index >= 15 is 0 Å². The predicted molar refractivity (Wildman–Crippen MR) is 59.8 cm³/mol. The van der Waals surface area contributed by atoms with E-state index in [-0.39, 0.29) is 5.91 Å². The van der Waals surface area contributed by atoms with Gasteiger partial charge in [-0.3, -0.25) is 9.59 Å². The summed E-state index contributed by atoms with van der Waals surface area (Å²) in [4.78, 5) is 24.5. The molecule has 3 N–H and O–H groups in total. The Balaban J connectivity index is 2.56. The summed E-state index contributed by atoms with van der Waals surface area (Å²) in [7, 11) is 0. The van der Waals surface area contributed by atoms with E-state index < -0.39 is 11.4 Å². The first kappa shape index (κ1) is 13.0. The summed E-state index contributed by atoms with van der Waals surface area (Å²) in [5.41, 5.74) is 4.56. The van der Waals surface area contributed by atoms with Crippen LogP contribution < -0.4 is 5.73 Å². The summed E-state index contributed by atoms with van der Waals surface area (Å²) in [6.45, 7) is 3.20. The topological polar surface area (TPSA) is 83.6 Å². The first-order valence-electron chi connectivity index (χ1n) is 5.71. The minimum absolute atomic E-state index is 0.0256. The molecular weight excluding hydrogens is 208 g/mol. The minimum atomic E-state index is -0.816. The molecule has 92 valence electrons. The van der Waals surface area contributed by atoms with Crippen LogP contribution in [-0.2, 0) is 9.59 Å². The molecule has 0 aromatic carbocycles. The lowest BCUT2D eigenvalue weighted by atomic mass is 9.82. The number of carbonyl (C=O) groups is 2. The molecule has 1 rings (SSSR count). The quantitative estimate of drug-likeness (QED) is 0.731. The van der Waals surface area contributed by atoms with E-state index in [0.29, 0.717) is 38.9 Å². The van der Waals surface area contributed by atoms with Crippen LogP contribution in [-0.4, -0.2) is 41.5 Å². The largest absolute Gasteiger partial charge is 0.481 e. The zero-order valence-corrected chi connectivity index (χ0v) is 9.74. The Kier molecular flexibility index (Phi) is 4.29. The number of carboxylic acid groups (broad SMARTS) is 1. The Morgan fingerprint density at radius 3 is 2.75 bits per heavy atom. The van der Waals surface area contributed by atoms with Crippen LogP contribution >= 0.6 is 0 Å². The standard InChI is InChI=1S/C11H20N2O3/c1-11(10(15)16)5-3-7-13(8-11)9(14)4-2-6-12/h2-8,12H2,1H3,(H,15,16). The summed E-state index contributed by atoms with van der Waals surface area (Å²) in [6, 6.07) is 0. The molecule has 5 heteroatoms. The summed E-state index contributed by atoms with van der Waals surface area (Å²) < 4.78 is 0. The van der Waals surface area contributed by atoms with Gasteiger partial charge in [0.15, 0.2) is 0 Å². The van der Waals surface area contributed by atoms with Crippen molar-refractivity contribution in [2.24, 2.45) is 11.1 Å². The highest BCUT2D eigenvalue weighted by Gasteiger charge is 2.39. The van der Waals surface area contributed by atoms with E-state index in [1.165, 1.54) is 0 Å². The number of amides is 1. The lowest BCUT2D eigenvalue weighted by molar-refractivity contribution is -0.153. The second-order valence-corrected chi connectivity index (χ2v) is 4.68. The second kappa shape index (κ2) is 5.30. The maximum atomic E-state index is 11.7. The van der Waals surface area contributed by atoms with Crippen molar-refractivity contribution in [2.45, 2.75) is 32.6 Å². The second-order valence-electron chi connectivity index (χ2n) is 4.68. The number of nitrogens with zero attached hydrogens (tertiary/aromatic N) is 1. The van der Waals surface area contributed by atoms with Crippen molar-refractivity contribution < 1.29 is 14.7 Å². The molecular formula is C11H20N2O3. The molecule has 1 unspecified atom stereocenters. The van der Waals surface area contributed by atoms with Crippen LogP contribution in [0.1, 0.15) is 32.6 Å². The van der Waals surface area contributed by atoms with E-state index in [1.807, 2.05) is 0 Å². The van der Waals surface area contributed by atoms with Crippen molar-refractivity contribution in [3.05, 3.63) is 0 Å². The molecule has 1 fully saturated rings. The monoisotopic (exact) mass is 228 g/mol. The van der Waals surface area contributed by atoms with Crippen LogP contribution in [0.5, 0.6) is 0 Å². The van der Waals surface area contributed by atoms with Gasteiger partial charge < -0.3 is 15.7 Å². The molecule has 0 radical (unpaired) electrons. The van der Waals surface area contributed by atoms with Gasteiger partial charge in [0.25, 0.3) is 0 Å². The summed E-state index contributed by atoms with van der Waals surface area (Å²) in [5, 5.41) is 9.12. The Bertz CT molecular complexity index is 280. The van der Waals surface area contributed by atoms with E-state index in [2.05, 4.69) is 0 Å². The highest BCUT2D eigenvalue weighted by Crippen LogP contribution is 2.29. The highest BCUT2D eigenvalue weighted by atomic mass is 16.4. The SMILES string of the molecule is CC1(C(=O)O)CCCN(C(=O)CCCN)C1. The average molecular weight is 228 g/mol. The van der Waals surface area contributed by atoms with Gasteiger partial charge >= 0.3 is 5.97 Å². The van der Waals surface area contributed by atoms with Crippen LogP contribution in [0.15, 0.2) is 0 Å². The number of hydrogen-bond acceptors (Lipinski definition) is 3. The molecule has 0 saturated carbocycles. The number of carboxylic acids is 1. The maximum Gasteiger partial charge on any atom is 0.311 e. The molecule has 1 amide bonds. The molecule has 1 atom stereocenters. The fourth-order valence-electron chi connectivity index (χ4n) is 2.04. The van der Waals surface area contributed by atoms with E-state index in [0.717, 1.165) is 6.42 Å². The third-order valence-electron chi connectivity index (χ3n) is 3.16. The van der Waals surface area contributed by atoms with Crippen molar-refractivity contribution >= 4 is 11.9 Å². The lowest BCUT2D eigenvalue weighted by Gasteiger charge is -2.37. The lowest BCUT2D eigenvalue weighted by Crippen LogP contribution is -2.48. The average Bonchev–Trinajstić information content (AvgIpc) is 2.25. The van der Waals surface area contributed by atoms with Gasteiger partial charge in [-0.1, -0.05) is 0 Å². The van der Waals surface area contributed by atoms with Crippen LogP contribution in [0, 0.1) is 5.41 Å². The normalized spacial score (nSPS) is 25.5. The van der Waals surface area contributed by atoms with Gasteiger partial charge in [0.05, 0.1) is 5.41 Å². The molecule has 16 heavy (non-hydrogen) atoms. The maximum absolute atomic E-state index is 11.7. The summed E-state index contributed by atoms with van der Waals surface area (Å²) >= 11 is 0. The Morgan fingerprint density at radius 2 is 2.19 bits per heavy atom. The fraction of sp³-hybridized carbons (Fsp3) is 0.818. The molecule has 1 aliphatic rings. The van der Waals surface area contributed by atoms with E-state index in [4.69, 9.17) is 10.8 Å². The Labute approximate surface area is 95.6 Å². The minimum Gasteiger partial charge on any atom is -0.481 e. The first-order valence-corrected chi connectivity index (χ1v) is 5.71. The molecule has 5 nitrogen and oxygen atoms in total. The number of aliphatic carboxylic acids is 1. The van der Waals surface area contributed by atoms with Crippen molar-refractivity contribution in [3.8, 4) is 0 Å². The molecule has 0 aromatic rings. The molecule has 0 spiro atoms. The number of carbonyl (C=O) groups excluding carboxylic acids is 1. The molecule has 0 aliphatic carbocycles. The van der Waals surface area contributed by atoms with Crippen molar-refractivity contribution in [1.82, 2.24) is 4.90 Å². The van der Waals surface area contributed by atoms with Crippen LogP contribution in [0.4, 0.5) is 0 Å². The van der Waals surface area contributed by atoms with Crippen molar-refractivity contribution in [3.63, 3.8) is 0 Å². The van der Waals surface area contributed by atoms with E-state index in [9.17, 15) is 9.59 Å². The summed E-state index contributed by atoms with van der Waals surface area (Å²) in [5.74, 6) is -0.790. The van der Waals surface area contributed by atoms with Crippen LogP contribution in [0.3, 0.4) is 0 Å². The Morgan fingerprint density at radius 1 is 1.50 bits per heavy atom. The molecule has 0 aromatic heterocycles. The molecule has 1 aliphatic heterocycles. The zero-order valence-electron chi connectivity index (χ0n) is 9.74. The Hall–Kier alpha value is -1.10.